The van der Waals surface area contributed by atoms with Gasteiger partial charge < -0.3 is 5.73 Å². The maximum Gasteiger partial charge on any atom is 0.0183 e. The van der Waals surface area contributed by atoms with Gasteiger partial charge >= 0.3 is 0 Å². The molecule has 12 heavy (non-hydrogen) atoms. The van der Waals surface area contributed by atoms with Gasteiger partial charge in [0.25, 0.3) is 0 Å². The minimum absolute atomic E-state index is 0.403. The van der Waals surface area contributed by atoms with Gasteiger partial charge in [0.2, 0.25) is 0 Å². The standard InChI is InChI=1S/C10H22N2/c1-7(2)10-5-9(11)6-12(10)8(3)4/h7-10H,5-6,11H2,1-4H3/t9-,10?/m0/s1. The van der Waals surface area contributed by atoms with Crippen molar-refractivity contribution in [1.82, 2.24) is 4.90 Å². The van der Waals surface area contributed by atoms with E-state index in [4.69, 9.17) is 5.73 Å². The smallest absolute Gasteiger partial charge is 0.0183 e. The quantitative estimate of drug-likeness (QED) is 0.679. The molecule has 1 unspecified atom stereocenters. The fourth-order valence-corrected chi connectivity index (χ4v) is 2.18. The maximum atomic E-state index is 5.95. The average molecular weight is 170 g/mol. The van der Waals surface area contributed by atoms with Crippen molar-refractivity contribution in [2.75, 3.05) is 6.54 Å². The van der Waals surface area contributed by atoms with Gasteiger partial charge in [-0.2, -0.15) is 0 Å². The van der Waals surface area contributed by atoms with E-state index in [0.29, 0.717) is 18.1 Å². The molecule has 2 atom stereocenters. The van der Waals surface area contributed by atoms with E-state index in [1.807, 2.05) is 0 Å². The molecule has 2 N–H and O–H groups in total. The van der Waals surface area contributed by atoms with Crippen molar-refractivity contribution in [3.05, 3.63) is 0 Å². The molecule has 0 bridgehead atoms. The predicted octanol–water partition coefficient (Wildman–Crippen LogP) is 1.45. The number of nitrogens with zero attached hydrogens (tertiary/aromatic N) is 1. The molecule has 0 amide bonds. The second-order valence-corrected chi connectivity index (χ2v) is 4.60. The van der Waals surface area contributed by atoms with E-state index in [0.717, 1.165) is 12.5 Å². The summed E-state index contributed by atoms with van der Waals surface area (Å²) < 4.78 is 0. The Hall–Kier alpha value is -0.0800. The van der Waals surface area contributed by atoms with E-state index in [9.17, 15) is 0 Å². The zero-order valence-electron chi connectivity index (χ0n) is 8.75. The van der Waals surface area contributed by atoms with Crippen LogP contribution in [0.1, 0.15) is 34.1 Å². The number of hydrogen-bond acceptors (Lipinski definition) is 2. The van der Waals surface area contributed by atoms with Crippen molar-refractivity contribution >= 4 is 0 Å². The number of likely N-dealkylation sites (tertiary alicyclic amines) is 1. The largest absolute Gasteiger partial charge is 0.326 e. The minimum Gasteiger partial charge on any atom is -0.326 e. The third kappa shape index (κ3) is 1.99. The lowest BCUT2D eigenvalue weighted by atomic mass is 10.0. The summed E-state index contributed by atoms with van der Waals surface area (Å²) in [6.45, 7) is 10.2. The van der Waals surface area contributed by atoms with E-state index in [-0.39, 0.29) is 0 Å². The van der Waals surface area contributed by atoms with E-state index in [1.54, 1.807) is 0 Å². The molecule has 1 saturated heterocycles. The molecule has 72 valence electrons. The van der Waals surface area contributed by atoms with E-state index in [1.165, 1.54) is 6.42 Å². The van der Waals surface area contributed by atoms with Crippen molar-refractivity contribution in [2.24, 2.45) is 11.7 Å². The molecule has 1 rings (SSSR count). The number of rotatable bonds is 2. The molecule has 0 aromatic carbocycles. The van der Waals surface area contributed by atoms with Gasteiger partial charge in [0.1, 0.15) is 0 Å². The fraction of sp³-hybridized carbons (Fsp3) is 1.00. The van der Waals surface area contributed by atoms with Crippen LogP contribution >= 0.6 is 0 Å². The molecule has 0 spiro atoms. The summed E-state index contributed by atoms with van der Waals surface area (Å²) in [5, 5.41) is 0. The summed E-state index contributed by atoms with van der Waals surface area (Å²) in [6, 6.07) is 1.76. The molecule has 1 aliphatic heterocycles. The van der Waals surface area contributed by atoms with Crippen LogP contribution < -0.4 is 5.73 Å². The topological polar surface area (TPSA) is 29.3 Å². The highest BCUT2D eigenvalue weighted by Crippen LogP contribution is 2.24. The summed E-state index contributed by atoms with van der Waals surface area (Å²) in [7, 11) is 0. The van der Waals surface area contributed by atoms with Crippen molar-refractivity contribution in [3.63, 3.8) is 0 Å². The van der Waals surface area contributed by atoms with E-state index >= 15 is 0 Å². The van der Waals surface area contributed by atoms with Gasteiger partial charge in [-0.25, -0.2) is 0 Å². The van der Waals surface area contributed by atoms with Crippen molar-refractivity contribution in [2.45, 2.75) is 52.2 Å². The fourth-order valence-electron chi connectivity index (χ4n) is 2.18. The maximum absolute atomic E-state index is 5.95. The van der Waals surface area contributed by atoms with Gasteiger partial charge in [-0.3, -0.25) is 4.90 Å². The van der Waals surface area contributed by atoms with Crippen molar-refractivity contribution in [1.29, 1.82) is 0 Å². The molecule has 0 aromatic rings. The summed E-state index contributed by atoms with van der Waals surface area (Å²) in [4.78, 5) is 2.54. The second kappa shape index (κ2) is 3.75. The zero-order chi connectivity index (χ0) is 9.30. The summed E-state index contributed by atoms with van der Waals surface area (Å²) >= 11 is 0. The van der Waals surface area contributed by atoms with Crippen molar-refractivity contribution in [3.8, 4) is 0 Å². The Morgan fingerprint density at radius 2 is 1.83 bits per heavy atom. The first kappa shape index (κ1) is 10.0. The molecular weight excluding hydrogens is 148 g/mol. The lowest BCUT2D eigenvalue weighted by molar-refractivity contribution is 0.165. The first-order valence-electron chi connectivity index (χ1n) is 5.03. The van der Waals surface area contributed by atoms with Gasteiger partial charge in [0.05, 0.1) is 0 Å². The summed E-state index contributed by atoms with van der Waals surface area (Å²) in [5.41, 5.74) is 5.95. The molecule has 1 aliphatic rings. The lowest BCUT2D eigenvalue weighted by Gasteiger charge is -2.30. The monoisotopic (exact) mass is 170 g/mol. The van der Waals surface area contributed by atoms with Crippen LogP contribution in [0.2, 0.25) is 0 Å². The minimum atomic E-state index is 0.403. The average Bonchev–Trinajstić information content (AvgIpc) is 2.31. The Morgan fingerprint density at radius 1 is 1.25 bits per heavy atom. The normalized spacial score (nSPS) is 32.2. The van der Waals surface area contributed by atoms with Gasteiger partial charge in [0, 0.05) is 24.7 Å². The van der Waals surface area contributed by atoms with Crippen molar-refractivity contribution < 1.29 is 0 Å². The van der Waals surface area contributed by atoms with Crippen LogP contribution in [0.4, 0.5) is 0 Å². The Kier molecular flexibility index (Phi) is 3.13. The number of hydrogen-bond donors (Lipinski definition) is 1. The van der Waals surface area contributed by atoms with Gasteiger partial charge in [-0.15, -0.1) is 0 Å². The van der Waals surface area contributed by atoms with Crippen LogP contribution in [0.25, 0.3) is 0 Å². The Labute approximate surface area is 76.1 Å². The van der Waals surface area contributed by atoms with Gasteiger partial charge in [-0.05, 0) is 26.2 Å². The van der Waals surface area contributed by atoms with Crippen LogP contribution in [0.3, 0.4) is 0 Å². The zero-order valence-corrected chi connectivity index (χ0v) is 8.75. The summed E-state index contributed by atoms with van der Waals surface area (Å²) in [6.07, 6.45) is 1.18. The molecule has 1 heterocycles. The van der Waals surface area contributed by atoms with Gasteiger partial charge in [0.15, 0.2) is 0 Å². The highest BCUT2D eigenvalue weighted by atomic mass is 15.2. The summed E-state index contributed by atoms with van der Waals surface area (Å²) in [5.74, 6) is 0.737. The first-order valence-corrected chi connectivity index (χ1v) is 5.03. The third-order valence-electron chi connectivity index (χ3n) is 2.85. The SMILES string of the molecule is CC(C)C1C[C@H](N)CN1C(C)C. The third-order valence-corrected chi connectivity index (χ3v) is 2.85. The van der Waals surface area contributed by atoms with Crippen LogP contribution in [-0.2, 0) is 0 Å². The molecule has 2 heteroatoms. The van der Waals surface area contributed by atoms with Crippen LogP contribution in [-0.4, -0.2) is 29.6 Å². The molecule has 2 nitrogen and oxygen atoms in total. The molecule has 0 aliphatic carbocycles. The first-order chi connectivity index (χ1) is 5.52. The highest BCUT2D eigenvalue weighted by Gasteiger charge is 2.33. The highest BCUT2D eigenvalue weighted by molar-refractivity contribution is 4.90. The van der Waals surface area contributed by atoms with E-state index in [2.05, 4.69) is 32.6 Å². The van der Waals surface area contributed by atoms with Crippen LogP contribution in [0, 0.1) is 5.92 Å². The Morgan fingerprint density at radius 3 is 2.17 bits per heavy atom. The molecule has 0 radical (unpaired) electrons. The molecular formula is C10H22N2. The predicted molar refractivity (Wildman–Crippen MR) is 53.1 cm³/mol. The Balaban J connectivity index is 2.59. The molecule has 0 saturated carbocycles. The Bertz CT molecular complexity index is 127. The van der Waals surface area contributed by atoms with Gasteiger partial charge in [-0.1, -0.05) is 13.8 Å². The van der Waals surface area contributed by atoms with E-state index < -0.39 is 0 Å². The van der Waals surface area contributed by atoms with Crippen LogP contribution in [0.5, 0.6) is 0 Å². The van der Waals surface area contributed by atoms with Crippen LogP contribution in [0.15, 0.2) is 0 Å². The molecule has 1 fully saturated rings. The second-order valence-electron chi connectivity index (χ2n) is 4.60. The number of nitrogens with two attached hydrogens (primary N) is 1. The lowest BCUT2D eigenvalue weighted by Crippen LogP contribution is -2.39. The molecule has 0 aromatic heterocycles.